The molecule has 0 saturated heterocycles. The maximum Gasteiger partial charge on any atom is 0.310 e. The van der Waals surface area contributed by atoms with Crippen LogP contribution in [-0.2, 0) is 20.9 Å². The molecule has 0 aromatic heterocycles. The zero-order chi connectivity index (χ0) is 21.8. The van der Waals surface area contributed by atoms with Crippen molar-refractivity contribution in [1.29, 1.82) is 0 Å². The smallest absolute Gasteiger partial charge is 0.310 e. The molecule has 3 aromatic rings. The lowest BCUT2D eigenvalue weighted by molar-refractivity contribution is -0.140. The first-order chi connectivity index (χ1) is 15.0. The molecule has 0 aliphatic carbocycles. The first kappa shape index (κ1) is 20.3. The normalized spacial score (nSPS) is 15.8. The van der Waals surface area contributed by atoms with E-state index in [1.165, 1.54) is 0 Å². The molecule has 2 N–H and O–H groups in total. The van der Waals surface area contributed by atoms with Crippen LogP contribution in [0.25, 0.3) is 0 Å². The van der Waals surface area contributed by atoms with Crippen LogP contribution in [0.5, 0.6) is 0 Å². The lowest BCUT2D eigenvalue weighted by Crippen LogP contribution is -2.45. The summed E-state index contributed by atoms with van der Waals surface area (Å²) in [5.74, 6) is -1.87. The number of nitrogens with one attached hydrogen (secondary N) is 2. The minimum absolute atomic E-state index is 0.262. The molecule has 1 aliphatic heterocycles. The largest absolute Gasteiger partial charge is 0.341 e. The number of para-hydroxylation sites is 1. The molecule has 3 amide bonds. The third-order valence-electron chi connectivity index (χ3n) is 5.36. The summed E-state index contributed by atoms with van der Waals surface area (Å²) >= 11 is 0. The van der Waals surface area contributed by atoms with Crippen molar-refractivity contribution < 1.29 is 14.4 Å². The van der Waals surface area contributed by atoms with Gasteiger partial charge in [0.15, 0.2) is 0 Å². The van der Waals surface area contributed by atoms with E-state index < -0.39 is 17.9 Å². The summed E-state index contributed by atoms with van der Waals surface area (Å²) in [6.45, 7) is 2.19. The topological polar surface area (TPSA) is 78.5 Å². The van der Waals surface area contributed by atoms with E-state index >= 15 is 0 Å². The molecule has 3 aromatic carbocycles. The Morgan fingerprint density at radius 2 is 1.48 bits per heavy atom. The van der Waals surface area contributed by atoms with Crippen LogP contribution in [0.1, 0.15) is 35.7 Å². The minimum atomic E-state index is -0.898. The van der Waals surface area contributed by atoms with Gasteiger partial charge in [0.05, 0.1) is 12.6 Å². The van der Waals surface area contributed by atoms with Crippen LogP contribution in [0.4, 0.5) is 5.69 Å². The number of carbonyl (C=O) groups is 3. The molecule has 6 heteroatoms. The van der Waals surface area contributed by atoms with Crippen LogP contribution in [0.15, 0.2) is 84.9 Å². The SMILES string of the molecule is C[C@H](NC(=O)C(=O)N[C@H]1C(=O)N(Cc2ccccc2)c2ccccc21)c1ccccc1. The van der Waals surface area contributed by atoms with Gasteiger partial charge in [-0.15, -0.1) is 0 Å². The second-order valence-corrected chi connectivity index (χ2v) is 7.48. The van der Waals surface area contributed by atoms with E-state index in [0.29, 0.717) is 12.1 Å². The van der Waals surface area contributed by atoms with Gasteiger partial charge in [-0.1, -0.05) is 78.9 Å². The second-order valence-electron chi connectivity index (χ2n) is 7.48. The van der Waals surface area contributed by atoms with E-state index in [9.17, 15) is 14.4 Å². The van der Waals surface area contributed by atoms with Crippen LogP contribution in [0, 0.1) is 0 Å². The van der Waals surface area contributed by atoms with Crippen molar-refractivity contribution in [2.24, 2.45) is 0 Å². The van der Waals surface area contributed by atoms with Gasteiger partial charge in [-0.3, -0.25) is 14.4 Å². The zero-order valence-corrected chi connectivity index (χ0v) is 17.1. The monoisotopic (exact) mass is 413 g/mol. The Labute approximate surface area is 180 Å². The maximum absolute atomic E-state index is 13.1. The minimum Gasteiger partial charge on any atom is -0.341 e. The molecule has 0 radical (unpaired) electrons. The van der Waals surface area contributed by atoms with Crippen molar-refractivity contribution in [2.45, 2.75) is 25.6 Å². The first-order valence-electron chi connectivity index (χ1n) is 10.1. The lowest BCUT2D eigenvalue weighted by atomic mass is 10.1. The fourth-order valence-corrected chi connectivity index (χ4v) is 3.74. The van der Waals surface area contributed by atoms with Gasteiger partial charge in [-0.2, -0.15) is 0 Å². The van der Waals surface area contributed by atoms with Crippen LogP contribution in [0.3, 0.4) is 0 Å². The standard InChI is InChI=1S/C25H23N3O3/c1-17(19-12-6-3-7-13-19)26-23(29)24(30)27-22-20-14-8-9-15-21(20)28(25(22)31)16-18-10-4-2-5-11-18/h2-15,17,22H,16H2,1H3,(H,26,29)(H,27,30)/t17-,22+/m0/s1. The van der Waals surface area contributed by atoms with Gasteiger partial charge >= 0.3 is 11.8 Å². The van der Waals surface area contributed by atoms with Crippen LogP contribution in [-0.4, -0.2) is 17.7 Å². The van der Waals surface area contributed by atoms with E-state index in [1.54, 1.807) is 17.9 Å². The molecule has 156 valence electrons. The van der Waals surface area contributed by atoms with Crippen molar-refractivity contribution in [2.75, 3.05) is 4.90 Å². The molecule has 1 aliphatic rings. The van der Waals surface area contributed by atoms with Crippen LogP contribution in [0.2, 0.25) is 0 Å². The molecular formula is C25H23N3O3. The number of hydrogen-bond donors (Lipinski definition) is 2. The Morgan fingerprint density at radius 3 is 2.19 bits per heavy atom. The van der Waals surface area contributed by atoms with Gasteiger partial charge < -0.3 is 15.5 Å². The summed E-state index contributed by atoms with van der Waals surface area (Å²) in [6, 6.07) is 25.1. The number of rotatable bonds is 5. The summed E-state index contributed by atoms with van der Waals surface area (Å²) in [5.41, 5.74) is 3.28. The Hall–Kier alpha value is -3.93. The Morgan fingerprint density at radius 1 is 0.871 bits per heavy atom. The predicted octanol–water partition coefficient (Wildman–Crippen LogP) is 3.27. The van der Waals surface area contributed by atoms with E-state index in [0.717, 1.165) is 16.8 Å². The molecule has 0 fully saturated rings. The molecule has 0 bridgehead atoms. The summed E-state index contributed by atoms with van der Waals surface area (Å²) in [5, 5.41) is 5.30. The maximum atomic E-state index is 13.1. The van der Waals surface area contributed by atoms with Crippen molar-refractivity contribution in [3.63, 3.8) is 0 Å². The van der Waals surface area contributed by atoms with Crippen molar-refractivity contribution in [3.8, 4) is 0 Å². The van der Waals surface area contributed by atoms with Crippen molar-refractivity contribution in [3.05, 3.63) is 102 Å². The molecule has 6 nitrogen and oxygen atoms in total. The highest BCUT2D eigenvalue weighted by molar-refractivity contribution is 6.35. The van der Waals surface area contributed by atoms with Crippen LogP contribution >= 0.6 is 0 Å². The molecule has 0 unspecified atom stereocenters. The summed E-state index contributed by atoms with van der Waals surface area (Å²) < 4.78 is 0. The van der Waals surface area contributed by atoms with Gasteiger partial charge in [-0.25, -0.2) is 0 Å². The first-order valence-corrected chi connectivity index (χ1v) is 10.1. The highest BCUT2D eigenvalue weighted by Crippen LogP contribution is 2.36. The predicted molar refractivity (Wildman–Crippen MR) is 118 cm³/mol. The molecule has 1 heterocycles. The molecular weight excluding hydrogens is 390 g/mol. The number of hydrogen-bond acceptors (Lipinski definition) is 3. The number of fused-ring (bicyclic) bond motifs is 1. The number of benzene rings is 3. The summed E-state index contributed by atoms with van der Waals surface area (Å²) in [7, 11) is 0. The number of carbonyl (C=O) groups excluding carboxylic acids is 3. The summed E-state index contributed by atoms with van der Waals surface area (Å²) in [6.07, 6.45) is 0. The molecule has 0 saturated carbocycles. The van der Waals surface area contributed by atoms with Gasteiger partial charge in [0, 0.05) is 11.3 Å². The highest BCUT2D eigenvalue weighted by atomic mass is 16.2. The number of nitrogens with zero attached hydrogens (tertiary/aromatic N) is 1. The Balaban J connectivity index is 1.48. The van der Waals surface area contributed by atoms with Crippen molar-refractivity contribution >= 4 is 23.4 Å². The molecule has 0 spiro atoms. The van der Waals surface area contributed by atoms with E-state index in [1.807, 2.05) is 78.9 Å². The third-order valence-corrected chi connectivity index (χ3v) is 5.36. The third kappa shape index (κ3) is 4.33. The van der Waals surface area contributed by atoms with Crippen LogP contribution < -0.4 is 15.5 Å². The fourth-order valence-electron chi connectivity index (χ4n) is 3.74. The van der Waals surface area contributed by atoms with Gasteiger partial charge in [0.25, 0.3) is 5.91 Å². The Kier molecular flexibility index (Phi) is 5.80. The highest BCUT2D eigenvalue weighted by Gasteiger charge is 2.38. The quantitative estimate of drug-likeness (QED) is 0.630. The molecule has 31 heavy (non-hydrogen) atoms. The second kappa shape index (κ2) is 8.83. The average molecular weight is 413 g/mol. The van der Waals surface area contributed by atoms with E-state index in [4.69, 9.17) is 0 Å². The lowest BCUT2D eigenvalue weighted by Gasteiger charge is -2.19. The van der Waals surface area contributed by atoms with E-state index in [-0.39, 0.29) is 11.9 Å². The molecule has 4 rings (SSSR count). The van der Waals surface area contributed by atoms with Gasteiger partial charge in [0.2, 0.25) is 0 Å². The van der Waals surface area contributed by atoms with Crippen molar-refractivity contribution in [1.82, 2.24) is 10.6 Å². The fraction of sp³-hybridized carbons (Fsp3) is 0.160. The molecule has 2 atom stereocenters. The van der Waals surface area contributed by atoms with Gasteiger partial charge in [-0.05, 0) is 24.1 Å². The summed E-state index contributed by atoms with van der Waals surface area (Å²) in [4.78, 5) is 39.8. The number of anilines is 1. The zero-order valence-electron chi connectivity index (χ0n) is 17.1. The van der Waals surface area contributed by atoms with Gasteiger partial charge in [0.1, 0.15) is 6.04 Å². The number of amides is 3. The Bertz CT molecular complexity index is 1100. The average Bonchev–Trinajstić information content (AvgIpc) is 3.06. The van der Waals surface area contributed by atoms with E-state index in [2.05, 4.69) is 10.6 Å².